The fourth-order valence-corrected chi connectivity index (χ4v) is 3.43. The van der Waals surface area contributed by atoms with Gasteiger partial charge in [0.05, 0.1) is 0 Å². The minimum atomic E-state index is -0.0894. The molecule has 3 rings (SSSR count). The van der Waals surface area contributed by atoms with Gasteiger partial charge in [0.25, 0.3) is 5.56 Å². The molecule has 1 saturated carbocycles. The van der Waals surface area contributed by atoms with Crippen molar-refractivity contribution in [2.75, 3.05) is 0 Å². The van der Waals surface area contributed by atoms with E-state index in [4.69, 9.17) is 0 Å². The number of hydrogen-bond acceptors (Lipinski definition) is 2. The summed E-state index contributed by atoms with van der Waals surface area (Å²) in [6.07, 6.45) is 5.42. The van der Waals surface area contributed by atoms with E-state index in [0.717, 1.165) is 23.7 Å². The van der Waals surface area contributed by atoms with Crippen LogP contribution in [-0.4, -0.2) is 16.9 Å². The van der Waals surface area contributed by atoms with Gasteiger partial charge in [-0.3, -0.25) is 9.59 Å². The molecule has 0 bridgehead atoms. The van der Waals surface area contributed by atoms with E-state index in [9.17, 15) is 9.59 Å². The molecule has 2 aromatic rings. The first-order valence-corrected chi connectivity index (χ1v) is 8.98. The van der Waals surface area contributed by atoms with Gasteiger partial charge < -0.3 is 10.3 Å². The Morgan fingerprint density at radius 2 is 2.00 bits per heavy atom. The Morgan fingerprint density at radius 3 is 2.71 bits per heavy atom. The van der Waals surface area contributed by atoms with Gasteiger partial charge in [0.2, 0.25) is 5.91 Å². The van der Waals surface area contributed by atoms with Crippen molar-refractivity contribution in [1.82, 2.24) is 10.3 Å². The highest BCUT2D eigenvalue weighted by Crippen LogP contribution is 2.20. The van der Waals surface area contributed by atoms with Gasteiger partial charge in [-0.25, -0.2) is 0 Å². The number of fused-ring (bicyclic) bond motifs is 1. The van der Waals surface area contributed by atoms with E-state index >= 15 is 0 Å². The Balaban J connectivity index is 1.72. The number of benzene rings is 1. The lowest BCUT2D eigenvalue weighted by molar-refractivity contribution is -0.121. The van der Waals surface area contributed by atoms with Crippen LogP contribution in [0.3, 0.4) is 0 Å². The summed E-state index contributed by atoms with van der Waals surface area (Å²) in [6, 6.07) is 8.40. The minimum absolute atomic E-state index is 0.0531. The number of hydrogen-bond donors (Lipinski definition) is 2. The highest BCUT2D eigenvalue weighted by atomic mass is 16.1. The van der Waals surface area contributed by atoms with E-state index in [2.05, 4.69) is 36.3 Å². The zero-order valence-corrected chi connectivity index (χ0v) is 14.5. The minimum Gasteiger partial charge on any atom is -0.353 e. The molecule has 0 saturated heterocycles. The maximum absolute atomic E-state index is 12.2. The zero-order chi connectivity index (χ0) is 17.1. The van der Waals surface area contributed by atoms with E-state index < -0.39 is 0 Å². The SMILES string of the molecule is CC(C)c1ccc2[nH]c(=O)c(CCC(=O)NC3CCCC3)cc2c1. The number of aryl methyl sites for hydroxylation is 1. The summed E-state index contributed by atoms with van der Waals surface area (Å²) in [5.74, 6) is 0.499. The number of amides is 1. The van der Waals surface area contributed by atoms with Crippen molar-refractivity contribution in [2.45, 2.75) is 64.3 Å². The van der Waals surface area contributed by atoms with Crippen LogP contribution < -0.4 is 10.9 Å². The third-order valence-corrected chi connectivity index (χ3v) is 4.95. The lowest BCUT2D eigenvalue weighted by atomic mass is 10.00. The number of carbonyl (C=O) groups excluding carboxylic acids is 1. The first-order valence-electron chi connectivity index (χ1n) is 8.98. The molecule has 4 nitrogen and oxygen atoms in total. The molecule has 128 valence electrons. The van der Waals surface area contributed by atoms with Crippen molar-refractivity contribution in [1.29, 1.82) is 0 Å². The molecule has 2 N–H and O–H groups in total. The van der Waals surface area contributed by atoms with E-state index in [1.807, 2.05) is 12.1 Å². The number of carbonyl (C=O) groups is 1. The number of H-pyrrole nitrogens is 1. The Hall–Kier alpha value is -2.10. The zero-order valence-electron chi connectivity index (χ0n) is 14.5. The smallest absolute Gasteiger partial charge is 0.251 e. The Morgan fingerprint density at radius 1 is 1.25 bits per heavy atom. The summed E-state index contributed by atoms with van der Waals surface area (Å²) in [5, 5.41) is 4.11. The summed E-state index contributed by atoms with van der Waals surface area (Å²) in [4.78, 5) is 27.2. The second-order valence-corrected chi connectivity index (χ2v) is 7.17. The van der Waals surface area contributed by atoms with Gasteiger partial charge >= 0.3 is 0 Å². The Kier molecular flexibility index (Phi) is 5.03. The van der Waals surface area contributed by atoms with Crippen LogP contribution in [0.4, 0.5) is 0 Å². The van der Waals surface area contributed by atoms with Crippen LogP contribution in [0, 0.1) is 0 Å². The van der Waals surface area contributed by atoms with Crippen molar-refractivity contribution in [2.24, 2.45) is 0 Å². The van der Waals surface area contributed by atoms with Gasteiger partial charge in [-0.05, 0) is 54.3 Å². The summed E-state index contributed by atoms with van der Waals surface area (Å²) < 4.78 is 0. The monoisotopic (exact) mass is 326 g/mol. The number of aromatic amines is 1. The largest absolute Gasteiger partial charge is 0.353 e. The number of nitrogens with one attached hydrogen (secondary N) is 2. The Bertz CT molecular complexity index is 786. The molecule has 0 unspecified atom stereocenters. The lowest BCUT2D eigenvalue weighted by Crippen LogP contribution is -2.33. The predicted octanol–water partition coefficient (Wildman–Crippen LogP) is 3.64. The fourth-order valence-electron chi connectivity index (χ4n) is 3.43. The van der Waals surface area contributed by atoms with Crippen LogP contribution in [-0.2, 0) is 11.2 Å². The van der Waals surface area contributed by atoms with Crippen molar-refractivity contribution >= 4 is 16.8 Å². The van der Waals surface area contributed by atoms with Crippen molar-refractivity contribution < 1.29 is 4.79 Å². The summed E-state index contributed by atoms with van der Waals surface area (Å²) in [5.41, 5.74) is 2.70. The Labute approximate surface area is 142 Å². The maximum Gasteiger partial charge on any atom is 0.251 e. The summed E-state index contributed by atoms with van der Waals surface area (Å²) in [7, 11) is 0. The molecule has 1 fully saturated rings. The first kappa shape index (κ1) is 16.7. The van der Waals surface area contributed by atoms with Crippen LogP contribution in [0.1, 0.15) is 63.0 Å². The number of rotatable bonds is 5. The number of aromatic nitrogens is 1. The molecule has 1 aliphatic carbocycles. The van der Waals surface area contributed by atoms with Crippen LogP contribution in [0.25, 0.3) is 10.9 Å². The highest BCUT2D eigenvalue weighted by Gasteiger charge is 2.17. The molecule has 0 radical (unpaired) electrons. The van der Waals surface area contributed by atoms with Crippen LogP contribution in [0.15, 0.2) is 29.1 Å². The third kappa shape index (κ3) is 3.86. The van der Waals surface area contributed by atoms with Crippen molar-refractivity contribution in [3.8, 4) is 0 Å². The first-order chi connectivity index (χ1) is 11.5. The molecule has 0 atom stereocenters. The molecule has 1 heterocycles. The van der Waals surface area contributed by atoms with Gasteiger partial charge in [0.1, 0.15) is 0 Å². The molecule has 1 aliphatic rings. The number of pyridine rings is 1. The molecule has 0 aliphatic heterocycles. The predicted molar refractivity (Wildman–Crippen MR) is 97.4 cm³/mol. The van der Waals surface area contributed by atoms with E-state index in [0.29, 0.717) is 30.4 Å². The second-order valence-electron chi connectivity index (χ2n) is 7.17. The topological polar surface area (TPSA) is 62.0 Å². The highest BCUT2D eigenvalue weighted by molar-refractivity contribution is 5.80. The van der Waals surface area contributed by atoms with Crippen molar-refractivity contribution in [3.05, 3.63) is 45.7 Å². The molecular weight excluding hydrogens is 300 g/mol. The third-order valence-electron chi connectivity index (χ3n) is 4.95. The van der Waals surface area contributed by atoms with Crippen molar-refractivity contribution in [3.63, 3.8) is 0 Å². The lowest BCUT2D eigenvalue weighted by Gasteiger charge is -2.12. The molecule has 1 aromatic carbocycles. The fraction of sp³-hybridized carbons (Fsp3) is 0.500. The van der Waals surface area contributed by atoms with Crippen LogP contribution in [0.5, 0.6) is 0 Å². The quantitative estimate of drug-likeness (QED) is 0.881. The molecule has 1 aromatic heterocycles. The average molecular weight is 326 g/mol. The molecule has 0 spiro atoms. The van der Waals surface area contributed by atoms with Gasteiger partial charge in [0.15, 0.2) is 0 Å². The van der Waals surface area contributed by atoms with E-state index in [1.54, 1.807) is 0 Å². The second kappa shape index (κ2) is 7.20. The van der Waals surface area contributed by atoms with Gasteiger partial charge in [-0.15, -0.1) is 0 Å². The van der Waals surface area contributed by atoms with Crippen LogP contribution >= 0.6 is 0 Å². The molecular formula is C20H26N2O2. The normalized spacial score (nSPS) is 15.3. The van der Waals surface area contributed by atoms with Crippen LogP contribution in [0.2, 0.25) is 0 Å². The molecule has 1 amide bonds. The summed E-state index contributed by atoms with van der Waals surface area (Å²) >= 11 is 0. The summed E-state index contributed by atoms with van der Waals surface area (Å²) in [6.45, 7) is 4.31. The average Bonchev–Trinajstić information content (AvgIpc) is 3.05. The maximum atomic E-state index is 12.2. The van der Waals surface area contributed by atoms with Gasteiger partial charge in [0, 0.05) is 23.5 Å². The standard InChI is InChI=1S/C20H26N2O2/c1-13(2)14-7-9-18-16(11-14)12-15(20(24)22-18)8-10-19(23)21-17-5-3-4-6-17/h7,9,11-13,17H,3-6,8,10H2,1-2H3,(H,21,23)(H,22,24). The molecule has 24 heavy (non-hydrogen) atoms. The van der Waals surface area contributed by atoms with Gasteiger partial charge in [-0.2, -0.15) is 0 Å². The van der Waals surface area contributed by atoms with Gasteiger partial charge in [-0.1, -0.05) is 32.8 Å². The van der Waals surface area contributed by atoms with E-state index in [-0.39, 0.29) is 11.5 Å². The molecule has 4 heteroatoms. The van der Waals surface area contributed by atoms with E-state index in [1.165, 1.54) is 18.4 Å².